The third kappa shape index (κ3) is 14.2. The van der Waals surface area contributed by atoms with Crippen LogP contribution in [0.1, 0.15) is 45.4 Å². The van der Waals surface area contributed by atoms with Crippen LogP contribution in [0.4, 0.5) is 0 Å². The lowest BCUT2D eigenvalue weighted by molar-refractivity contribution is 0.113. The molecule has 1 atom stereocenters. The Morgan fingerprint density at radius 1 is 1.06 bits per heavy atom. The molecule has 0 aromatic heterocycles. The van der Waals surface area contributed by atoms with Gasteiger partial charge in [-0.3, -0.25) is 0 Å². The molecule has 0 fully saturated rings. The molecule has 0 amide bonds. The summed E-state index contributed by atoms with van der Waals surface area (Å²) in [6, 6.07) is 0. The lowest BCUT2D eigenvalue weighted by atomic mass is 10.1. The Morgan fingerprint density at radius 3 is 2.47 bits per heavy atom. The van der Waals surface area contributed by atoms with E-state index in [1.807, 2.05) is 0 Å². The molecule has 0 bridgehead atoms. The second-order valence-electron chi connectivity index (χ2n) is 4.43. The quantitative estimate of drug-likeness (QED) is 0.445. The minimum atomic E-state index is -0.557. The third-order valence-electron chi connectivity index (χ3n) is 2.65. The van der Waals surface area contributed by atoms with Crippen molar-refractivity contribution in [2.24, 2.45) is 0 Å². The molecule has 3 N–H and O–H groups in total. The molecule has 17 heavy (non-hydrogen) atoms. The molecule has 0 saturated carbocycles. The van der Waals surface area contributed by atoms with Crippen LogP contribution in [-0.4, -0.2) is 47.5 Å². The Bertz CT molecular complexity index is 147. The van der Waals surface area contributed by atoms with E-state index in [4.69, 9.17) is 10.2 Å². The van der Waals surface area contributed by atoms with Crippen molar-refractivity contribution in [2.75, 3.05) is 31.2 Å². The van der Waals surface area contributed by atoms with Crippen LogP contribution >= 0.6 is 11.8 Å². The molecule has 0 heterocycles. The highest BCUT2D eigenvalue weighted by molar-refractivity contribution is 7.99. The summed E-state index contributed by atoms with van der Waals surface area (Å²) < 4.78 is 0. The molecule has 0 aliphatic heterocycles. The summed E-state index contributed by atoms with van der Waals surface area (Å²) in [5.41, 5.74) is 0. The zero-order valence-corrected chi connectivity index (χ0v) is 12.0. The van der Waals surface area contributed by atoms with Crippen molar-refractivity contribution >= 4 is 11.8 Å². The molecule has 0 rings (SSSR count). The van der Waals surface area contributed by atoms with Gasteiger partial charge >= 0.3 is 0 Å². The first kappa shape index (κ1) is 17.2. The Hall–Kier alpha value is 0.230. The Labute approximate surface area is 110 Å². The highest BCUT2D eigenvalue weighted by atomic mass is 32.2. The van der Waals surface area contributed by atoms with Crippen molar-refractivity contribution in [1.29, 1.82) is 0 Å². The summed E-state index contributed by atoms with van der Waals surface area (Å²) >= 11 is 1.69. The monoisotopic (exact) mass is 263 g/mol. The van der Waals surface area contributed by atoms with Gasteiger partial charge in [0.1, 0.15) is 0 Å². The van der Waals surface area contributed by atoms with Crippen molar-refractivity contribution in [3.8, 4) is 0 Å². The van der Waals surface area contributed by atoms with Crippen LogP contribution in [0.2, 0.25) is 0 Å². The molecule has 0 saturated heterocycles. The first-order valence-corrected chi connectivity index (χ1v) is 8.04. The van der Waals surface area contributed by atoms with E-state index in [0.717, 1.165) is 18.8 Å². The van der Waals surface area contributed by atoms with Gasteiger partial charge in [-0.1, -0.05) is 39.0 Å². The summed E-state index contributed by atoms with van der Waals surface area (Å²) in [5, 5.41) is 21.1. The van der Waals surface area contributed by atoms with Gasteiger partial charge in [-0.05, 0) is 13.0 Å². The zero-order valence-electron chi connectivity index (χ0n) is 11.2. The highest BCUT2D eigenvalue weighted by Gasteiger charge is 2.00. The van der Waals surface area contributed by atoms with E-state index in [0.29, 0.717) is 5.75 Å². The number of nitrogens with one attached hydrogen (secondary N) is 1. The molecule has 0 radical (unpaired) electrons. The molecule has 3 nitrogen and oxygen atoms in total. The van der Waals surface area contributed by atoms with Crippen LogP contribution in [0.5, 0.6) is 0 Å². The molecular weight excluding hydrogens is 234 g/mol. The summed E-state index contributed by atoms with van der Waals surface area (Å²) in [6.45, 7) is 4.22. The van der Waals surface area contributed by atoms with Crippen molar-refractivity contribution in [1.82, 2.24) is 5.32 Å². The van der Waals surface area contributed by atoms with Gasteiger partial charge in [-0.2, -0.15) is 11.8 Å². The fourth-order valence-corrected chi connectivity index (χ4v) is 2.40. The lowest BCUT2D eigenvalue weighted by Gasteiger charge is -2.07. The van der Waals surface area contributed by atoms with E-state index in [1.54, 1.807) is 11.8 Å². The van der Waals surface area contributed by atoms with Gasteiger partial charge in [0, 0.05) is 18.1 Å². The number of aliphatic hydroxyl groups excluding tert-OH is 2. The average molecular weight is 263 g/mol. The first-order valence-electron chi connectivity index (χ1n) is 6.88. The SMILES string of the molecule is CCCCCCCCNCCSCC(O)CO. The van der Waals surface area contributed by atoms with Gasteiger partial charge in [-0.15, -0.1) is 0 Å². The van der Waals surface area contributed by atoms with Crippen LogP contribution in [0.15, 0.2) is 0 Å². The van der Waals surface area contributed by atoms with Crippen molar-refractivity contribution in [3.05, 3.63) is 0 Å². The fourth-order valence-electron chi connectivity index (χ4n) is 1.57. The van der Waals surface area contributed by atoms with Gasteiger partial charge in [0.25, 0.3) is 0 Å². The standard InChI is InChI=1S/C13H29NO2S/c1-2-3-4-5-6-7-8-14-9-10-17-12-13(16)11-15/h13-16H,2-12H2,1H3. The second kappa shape index (κ2) is 14.3. The number of rotatable bonds is 13. The summed E-state index contributed by atoms with van der Waals surface area (Å²) in [4.78, 5) is 0. The van der Waals surface area contributed by atoms with Crippen LogP contribution in [0.3, 0.4) is 0 Å². The Morgan fingerprint density at radius 2 is 1.76 bits per heavy atom. The van der Waals surface area contributed by atoms with Crippen molar-refractivity contribution in [3.63, 3.8) is 0 Å². The van der Waals surface area contributed by atoms with Gasteiger partial charge in [0.05, 0.1) is 12.7 Å². The smallest absolute Gasteiger partial charge is 0.0861 e. The molecule has 0 aromatic carbocycles. The Kier molecular flexibility index (Phi) is 14.5. The maximum Gasteiger partial charge on any atom is 0.0861 e. The van der Waals surface area contributed by atoms with Crippen molar-refractivity contribution < 1.29 is 10.2 Å². The van der Waals surface area contributed by atoms with E-state index in [-0.39, 0.29) is 6.61 Å². The molecule has 4 heteroatoms. The number of aliphatic hydroxyl groups is 2. The van der Waals surface area contributed by atoms with Crippen LogP contribution < -0.4 is 5.32 Å². The Balaban J connectivity index is 2.94. The number of hydrogen-bond donors (Lipinski definition) is 3. The predicted molar refractivity (Wildman–Crippen MR) is 76.7 cm³/mol. The van der Waals surface area contributed by atoms with E-state index in [1.165, 1.54) is 38.5 Å². The summed E-state index contributed by atoms with van der Waals surface area (Å²) in [6.07, 6.45) is 7.49. The van der Waals surface area contributed by atoms with E-state index < -0.39 is 6.10 Å². The van der Waals surface area contributed by atoms with Gasteiger partial charge < -0.3 is 15.5 Å². The fraction of sp³-hybridized carbons (Fsp3) is 1.00. The summed E-state index contributed by atoms with van der Waals surface area (Å²) in [7, 11) is 0. The topological polar surface area (TPSA) is 52.5 Å². The van der Waals surface area contributed by atoms with Crippen LogP contribution in [0.25, 0.3) is 0 Å². The van der Waals surface area contributed by atoms with Gasteiger partial charge in [0.15, 0.2) is 0 Å². The van der Waals surface area contributed by atoms with Crippen LogP contribution in [0, 0.1) is 0 Å². The number of unbranched alkanes of at least 4 members (excludes halogenated alkanes) is 5. The second-order valence-corrected chi connectivity index (χ2v) is 5.58. The molecule has 0 spiro atoms. The van der Waals surface area contributed by atoms with E-state index in [2.05, 4.69) is 12.2 Å². The average Bonchev–Trinajstić information content (AvgIpc) is 2.35. The molecule has 0 aromatic rings. The lowest BCUT2D eigenvalue weighted by Crippen LogP contribution is -2.20. The van der Waals surface area contributed by atoms with Gasteiger partial charge in [-0.25, -0.2) is 0 Å². The van der Waals surface area contributed by atoms with E-state index >= 15 is 0 Å². The maximum absolute atomic E-state index is 9.11. The number of hydrogen-bond acceptors (Lipinski definition) is 4. The van der Waals surface area contributed by atoms with Crippen molar-refractivity contribution in [2.45, 2.75) is 51.6 Å². The predicted octanol–water partition coefficient (Wildman–Crippen LogP) is 2.02. The van der Waals surface area contributed by atoms with Gasteiger partial charge in [0.2, 0.25) is 0 Å². The normalized spacial score (nSPS) is 12.9. The molecule has 1 unspecified atom stereocenters. The largest absolute Gasteiger partial charge is 0.394 e. The maximum atomic E-state index is 9.11. The molecule has 0 aliphatic carbocycles. The minimum Gasteiger partial charge on any atom is -0.394 e. The highest BCUT2D eigenvalue weighted by Crippen LogP contribution is 2.04. The molecular formula is C13H29NO2S. The molecule has 104 valence electrons. The minimum absolute atomic E-state index is 0.127. The first-order chi connectivity index (χ1) is 8.31. The third-order valence-corrected chi connectivity index (χ3v) is 3.76. The molecule has 0 aliphatic rings. The summed E-state index contributed by atoms with van der Waals surface area (Å²) in [5.74, 6) is 1.64. The number of thioether (sulfide) groups is 1. The van der Waals surface area contributed by atoms with Crippen LogP contribution in [-0.2, 0) is 0 Å². The van der Waals surface area contributed by atoms with E-state index in [9.17, 15) is 0 Å². The zero-order chi connectivity index (χ0) is 12.8.